The van der Waals surface area contributed by atoms with E-state index in [1.54, 1.807) is 0 Å². The van der Waals surface area contributed by atoms with E-state index < -0.39 is 32.3 Å². The zero-order chi connectivity index (χ0) is 13.1. The van der Waals surface area contributed by atoms with Gasteiger partial charge in [0.1, 0.15) is 6.61 Å². The Bertz CT molecular complexity index is 522. The van der Waals surface area contributed by atoms with Crippen LogP contribution in [0.5, 0.6) is 5.75 Å². The topological polar surface area (TPSA) is 69.4 Å². The summed E-state index contributed by atoms with van der Waals surface area (Å²) in [4.78, 5) is -0.660. The predicted octanol–water partition coefficient (Wildman–Crippen LogP) is 1.74. The zero-order valence-corrected chi connectivity index (χ0v) is 9.93. The molecule has 0 fully saturated rings. The maximum atomic E-state index is 13.3. The average molecular weight is 284 g/mol. The van der Waals surface area contributed by atoms with E-state index in [1.807, 2.05) is 0 Å². The van der Waals surface area contributed by atoms with Crippen LogP contribution in [-0.2, 0) is 10.0 Å². The number of halogens is 3. The van der Waals surface area contributed by atoms with Gasteiger partial charge in [0.2, 0.25) is 10.0 Å². The Labute approximate surface area is 102 Å². The number of ether oxygens (including phenoxy) is 1. The van der Waals surface area contributed by atoms with Crippen LogP contribution in [0.2, 0.25) is 0 Å². The minimum absolute atomic E-state index is 0.147. The van der Waals surface area contributed by atoms with Crippen molar-refractivity contribution in [2.75, 3.05) is 6.61 Å². The molecule has 0 amide bonds. The van der Waals surface area contributed by atoms with Crippen molar-refractivity contribution in [1.82, 2.24) is 0 Å². The van der Waals surface area contributed by atoms with Gasteiger partial charge in [0.25, 0.3) is 0 Å². The zero-order valence-electron chi connectivity index (χ0n) is 8.36. The first kappa shape index (κ1) is 13.9. The lowest BCUT2D eigenvalue weighted by molar-refractivity contribution is 0.319. The summed E-state index contributed by atoms with van der Waals surface area (Å²) in [6, 6.07) is 1.16. The van der Waals surface area contributed by atoms with E-state index >= 15 is 0 Å². The van der Waals surface area contributed by atoms with Crippen LogP contribution in [0.25, 0.3) is 0 Å². The summed E-state index contributed by atoms with van der Waals surface area (Å²) >= 11 is 5.19. The lowest BCUT2D eigenvalue weighted by Crippen LogP contribution is -2.13. The second-order valence-corrected chi connectivity index (χ2v) is 4.75. The predicted molar refractivity (Wildman–Crippen MR) is 58.2 cm³/mol. The van der Waals surface area contributed by atoms with E-state index in [2.05, 4.69) is 0 Å². The Morgan fingerprint density at radius 3 is 2.29 bits per heavy atom. The molecule has 4 nitrogen and oxygen atoms in total. The SMILES string of the molecule is NS(=O)(=O)c1cc(F)c(OC/C=C/Cl)c(F)c1. The van der Waals surface area contributed by atoms with E-state index in [9.17, 15) is 17.2 Å². The summed E-state index contributed by atoms with van der Waals surface area (Å²) in [7, 11) is -4.16. The maximum absolute atomic E-state index is 13.3. The third kappa shape index (κ3) is 3.65. The van der Waals surface area contributed by atoms with E-state index in [-0.39, 0.29) is 6.61 Å². The highest BCUT2D eigenvalue weighted by molar-refractivity contribution is 7.89. The van der Waals surface area contributed by atoms with Crippen molar-refractivity contribution in [3.8, 4) is 5.75 Å². The number of sulfonamides is 1. The molecule has 1 aromatic carbocycles. The molecule has 0 aliphatic heterocycles. The molecule has 8 heteroatoms. The first-order valence-corrected chi connectivity index (χ1v) is 6.24. The molecule has 0 heterocycles. The Morgan fingerprint density at radius 1 is 1.35 bits per heavy atom. The van der Waals surface area contributed by atoms with Crippen LogP contribution < -0.4 is 9.88 Å². The van der Waals surface area contributed by atoms with Crippen molar-refractivity contribution < 1.29 is 21.9 Å². The van der Waals surface area contributed by atoms with Crippen LogP contribution in [-0.4, -0.2) is 15.0 Å². The molecule has 2 N–H and O–H groups in total. The highest BCUT2D eigenvalue weighted by Crippen LogP contribution is 2.24. The van der Waals surface area contributed by atoms with Gasteiger partial charge in [-0.25, -0.2) is 22.3 Å². The number of hydrogen-bond acceptors (Lipinski definition) is 3. The summed E-state index contributed by atoms with van der Waals surface area (Å²) in [6.45, 7) is -0.147. The van der Waals surface area contributed by atoms with Crippen molar-refractivity contribution in [3.63, 3.8) is 0 Å². The van der Waals surface area contributed by atoms with Gasteiger partial charge in [-0.3, -0.25) is 0 Å². The molecule has 94 valence electrons. The molecule has 0 aliphatic rings. The Balaban J connectivity index is 3.11. The van der Waals surface area contributed by atoms with Gasteiger partial charge in [-0.2, -0.15) is 0 Å². The van der Waals surface area contributed by atoms with Crippen molar-refractivity contribution in [2.24, 2.45) is 5.14 Å². The number of hydrogen-bond donors (Lipinski definition) is 1. The molecular formula is C9H8ClF2NO3S. The molecule has 17 heavy (non-hydrogen) atoms. The highest BCUT2D eigenvalue weighted by atomic mass is 35.5. The van der Waals surface area contributed by atoms with Gasteiger partial charge in [0.15, 0.2) is 17.4 Å². The first-order chi connectivity index (χ1) is 7.86. The van der Waals surface area contributed by atoms with E-state index in [4.69, 9.17) is 21.5 Å². The van der Waals surface area contributed by atoms with E-state index in [0.717, 1.165) is 5.54 Å². The average Bonchev–Trinajstić information content (AvgIpc) is 2.20. The molecule has 0 radical (unpaired) electrons. The molecule has 1 rings (SSSR count). The van der Waals surface area contributed by atoms with Gasteiger partial charge in [-0.15, -0.1) is 0 Å². The van der Waals surface area contributed by atoms with Crippen molar-refractivity contribution in [1.29, 1.82) is 0 Å². The third-order valence-electron chi connectivity index (χ3n) is 1.71. The van der Waals surface area contributed by atoms with Crippen LogP contribution in [0.1, 0.15) is 0 Å². The quantitative estimate of drug-likeness (QED) is 0.915. The summed E-state index contributed by atoms with van der Waals surface area (Å²) in [5.74, 6) is -3.00. The number of nitrogens with two attached hydrogens (primary N) is 1. The normalized spacial score (nSPS) is 12.0. The van der Waals surface area contributed by atoms with Gasteiger partial charge in [-0.05, 0) is 18.2 Å². The molecule has 0 bridgehead atoms. The van der Waals surface area contributed by atoms with Crippen LogP contribution in [0, 0.1) is 11.6 Å². The molecular weight excluding hydrogens is 276 g/mol. The second-order valence-electron chi connectivity index (χ2n) is 2.93. The largest absolute Gasteiger partial charge is 0.483 e. The van der Waals surface area contributed by atoms with Gasteiger partial charge in [0, 0.05) is 5.54 Å². The Morgan fingerprint density at radius 2 is 1.88 bits per heavy atom. The van der Waals surface area contributed by atoms with Crippen LogP contribution in [0.4, 0.5) is 8.78 Å². The van der Waals surface area contributed by atoms with Crippen molar-refractivity contribution in [3.05, 3.63) is 35.4 Å². The van der Waals surface area contributed by atoms with Gasteiger partial charge >= 0.3 is 0 Å². The summed E-state index contributed by atoms with van der Waals surface area (Å²) in [6.07, 6.45) is 1.31. The smallest absolute Gasteiger partial charge is 0.238 e. The molecule has 0 aliphatic carbocycles. The minimum Gasteiger partial charge on any atom is -0.483 e. The van der Waals surface area contributed by atoms with Crippen LogP contribution >= 0.6 is 11.6 Å². The standard InChI is InChI=1S/C9H8ClF2NO3S/c10-2-1-3-16-9-7(11)4-6(5-8(9)12)17(13,14)15/h1-2,4-5H,3H2,(H2,13,14,15)/b2-1+. The monoisotopic (exact) mass is 283 g/mol. The minimum atomic E-state index is -4.16. The second kappa shape index (κ2) is 5.44. The van der Waals surface area contributed by atoms with Crippen LogP contribution in [0.15, 0.2) is 28.6 Å². The van der Waals surface area contributed by atoms with E-state index in [1.165, 1.54) is 6.08 Å². The molecule has 0 saturated carbocycles. The molecule has 0 spiro atoms. The Kier molecular flexibility index (Phi) is 4.44. The lowest BCUT2D eigenvalue weighted by atomic mass is 10.3. The van der Waals surface area contributed by atoms with E-state index in [0.29, 0.717) is 12.1 Å². The fourth-order valence-corrected chi connectivity index (χ4v) is 1.61. The highest BCUT2D eigenvalue weighted by Gasteiger charge is 2.17. The number of rotatable bonds is 4. The summed E-state index contributed by atoms with van der Waals surface area (Å²) in [5, 5.41) is 4.74. The Hall–Kier alpha value is -1.18. The van der Waals surface area contributed by atoms with Crippen LogP contribution in [0.3, 0.4) is 0 Å². The van der Waals surface area contributed by atoms with Gasteiger partial charge < -0.3 is 4.74 Å². The van der Waals surface area contributed by atoms with Gasteiger partial charge in [-0.1, -0.05) is 11.6 Å². The van der Waals surface area contributed by atoms with Crippen molar-refractivity contribution >= 4 is 21.6 Å². The molecule has 0 unspecified atom stereocenters. The first-order valence-electron chi connectivity index (χ1n) is 4.26. The number of benzene rings is 1. The maximum Gasteiger partial charge on any atom is 0.238 e. The molecule has 0 atom stereocenters. The van der Waals surface area contributed by atoms with Crippen molar-refractivity contribution in [2.45, 2.75) is 4.90 Å². The summed E-state index contributed by atoms with van der Waals surface area (Å²) < 4.78 is 53.1. The molecule has 1 aromatic rings. The molecule has 0 aromatic heterocycles. The molecule has 0 saturated heterocycles. The third-order valence-corrected chi connectivity index (χ3v) is 2.78. The fraction of sp³-hybridized carbons (Fsp3) is 0.111. The number of primary sulfonamides is 1. The lowest BCUT2D eigenvalue weighted by Gasteiger charge is -2.07. The summed E-state index contributed by atoms with van der Waals surface area (Å²) in [5.41, 5.74) is 1.12. The fourth-order valence-electron chi connectivity index (χ4n) is 1.01. The van der Waals surface area contributed by atoms with Gasteiger partial charge in [0.05, 0.1) is 4.90 Å².